The molecule has 0 spiro atoms. The van der Waals surface area contributed by atoms with Gasteiger partial charge in [-0.2, -0.15) is 0 Å². The van der Waals surface area contributed by atoms with Crippen LogP contribution in [0.5, 0.6) is 0 Å². The van der Waals surface area contributed by atoms with Crippen LogP contribution in [0.4, 0.5) is 5.82 Å². The Morgan fingerprint density at radius 1 is 1.06 bits per heavy atom. The van der Waals surface area contributed by atoms with E-state index in [0.29, 0.717) is 5.56 Å². The zero-order chi connectivity index (χ0) is 12.5. The van der Waals surface area contributed by atoms with E-state index in [-0.39, 0.29) is 11.5 Å². The number of hydrogen-bond acceptors (Lipinski definition) is 4. The Morgan fingerprint density at radius 2 is 1.83 bits per heavy atom. The monoisotopic (exact) mass is 240 g/mol. The Kier molecular flexibility index (Phi) is 2.26. The summed E-state index contributed by atoms with van der Waals surface area (Å²) in [4.78, 5) is 10.3. The number of aromatic amines is 1. The number of nitrogens with one attached hydrogen (secondary N) is 1. The van der Waals surface area contributed by atoms with Crippen molar-refractivity contribution >= 4 is 16.6 Å². The lowest BCUT2D eigenvalue weighted by Gasteiger charge is -2.02. The van der Waals surface area contributed by atoms with Gasteiger partial charge in [-0.1, -0.05) is 42.5 Å². The molecule has 88 valence electrons. The van der Waals surface area contributed by atoms with Crippen molar-refractivity contribution in [1.29, 1.82) is 0 Å². The topological polar surface area (TPSA) is 84.7 Å². The van der Waals surface area contributed by atoms with Gasteiger partial charge in [0, 0.05) is 5.56 Å². The van der Waals surface area contributed by atoms with Crippen molar-refractivity contribution in [3.05, 3.63) is 52.6 Å². The molecule has 0 fully saturated rings. The molecule has 0 radical (unpaired) electrons. The molecule has 6 heteroatoms. The molecule has 0 amide bonds. The first-order valence-electron chi connectivity index (χ1n) is 5.30. The summed E-state index contributed by atoms with van der Waals surface area (Å²) in [7, 11) is 0. The van der Waals surface area contributed by atoms with Gasteiger partial charge in [0.05, 0.1) is 5.10 Å². The highest BCUT2D eigenvalue weighted by molar-refractivity contribution is 5.97. The normalized spacial score (nSPS) is 10.7. The summed E-state index contributed by atoms with van der Waals surface area (Å²) in [6, 6.07) is 13.3. The molecular formula is C12H8N4O2. The van der Waals surface area contributed by atoms with E-state index < -0.39 is 4.92 Å². The van der Waals surface area contributed by atoms with Crippen molar-refractivity contribution < 1.29 is 4.92 Å². The van der Waals surface area contributed by atoms with Crippen molar-refractivity contribution in [2.24, 2.45) is 0 Å². The Balaban J connectivity index is 2.32. The third-order valence-electron chi connectivity index (χ3n) is 2.75. The quantitative estimate of drug-likeness (QED) is 0.551. The number of hydrogen-bond donors (Lipinski definition) is 1. The highest BCUT2D eigenvalue weighted by Crippen LogP contribution is 2.31. The van der Waals surface area contributed by atoms with E-state index in [1.165, 1.54) is 0 Å². The SMILES string of the molecule is O=[N+]([O-])c1n[nH]nc1-c1cccc2ccccc12. The maximum absolute atomic E-state index is 10.9. The number of H-pyrrole nitrogens is 1. The first-order chi connectivity index (χ1) is 8.77. The van der Waals surface area contributed by atoms with Gasteiger partial charge in [0.1, 0.15) is 0 Å². The molecule has 0 bridgehead atoms. The number of benzene rings is 2. The predicted molar refractivity (Wildman–Crippen MR) is 66.0 cm³/mol. The summed E-state index contributed by atoms with van der Waals surface area (Å²) in [6.07, 6.45) is 0. The lowest BCUT2D eigenvalue weighted by Crippen LogP contribution is -1.91. The minimum atomic E-state index is -0.541. The molecule has 3 aromatic rings. The smallest absolute Gasteiger partial charge is 0.358 e. The van der Waals surface area contributed by atoms with Gasteiger partial charge in [-0.15, -0.1) is 10.3 Å². The van der Waals surface area contributed by atoms with E-state index in [0.717, 1.165) is 10.8 Å². The summed E-state index contributed by atoms with van der Waals surface area (Å²) in [5.74, 6) is -0.258. The second-order valence-electron chi connectivity index (χ2n) is 3.78. The van der Waals surface area contributed by atoms with Gasteiger partial charge < -0.3 is 10.1 Å². The van der Waals surface area contributed by atoms with E-state index in [9.17, 15) is 10.1 Å². The molecule has 0 aliphatic rings. The maximum atomic E-state index is 10.9. The lowest BCUT2D eigenvalue weighted by molar-refractivity contribution is -0.388. The summed E-state index contributed by atoms with van der Waals surface area (Å²) in [5.41, 5.74) is 0.963. The molecule has 3 rings (SSSR count). The summed E-state index contributed by atoms with van der Waals surface area (Å²) < 4.78 is 0. The Hall–Kier alpha value is -2.76. The molecule has 0 aliphatic carbocycles. The van der Waals surface area contributed by atoms with Crippen molar-refractivity contribution in [3.8, 4) is 11.3 Å². The zero-order valence-electron chi connectivity index (χ0n) is 9.20. The van der Waals surface area contributed by atoms with Crippen LogP contribution in [0, 0.1) is 10.1 Å². The molecule has 1 heterocycles. The van der Waals surface area contributed by atoms with Crippen LogP contribution in [0.2, 0.25) is 0 Å². The highest BCUT2D eigenvalue weighted by Gasteiger charge is 2.22. The zero-order valence-corrected chi connectivity index (χ0v) is 9.20. The number of fused-ring (bicyclic) bond motifs is 1. The van der Waals surface area contributed by atoms with Crippen LogP contribution >= 0.6 is 0 Å². The largest absolute Gasteiger partial charge is 0.418 e. The van der Waals surface area contributed by atoms with Crippen LogP contribution in [0.1, 0.15) is 0 Å². The van der Waals surface area contributed by atoms with Gasteiger partial charge in [0.2, 0.25) is 0 Å². The van der Waals surface area contributed by atoms with Crippen molar-refractivity contribution in [3.63, 3.8) is 0 Å². The van der Waals surface area contributed by atoms with Crippen molar-refractivity contribution in [2.45, 2.75) is 0 Å². The number of rotatable bonds is 2. The van der Waals surface area contributed by atoms with Crippen molar-refractivity contribution in [1.82, 2.24) is 15.4 Å². The minimum absolute atomic E-state index is 0.258. The van der Waals surface area contributed by atoms with Crippen LogP contribution in [-0.4, -0.2) is 20.3 Å². The Labute approximate surface area is 101 Å². The van der Waals surface area contributed by atoms with Gasteiger partial charge in [-0.25, -0.2) is 0 Å². The first-order valence-corrected chi connectivity index (χ1v) is 5.30. The summed E-state index contributed by atoms with van der Waals surface area (Å²) >= 11 is 0. The molecule has 1 N–H and O–H groups in total. The molecule has 18 heavy (non-hydrogen) atoms. The second kappa shape index (κ2) is 3.92. The van der Waals surface area contributed by atoms with Gasteiger partial charge in [-0.05, 0) is 15.7 Å². The van der Waals surface area contributed by atoms with Gasteiger partial charge in [-0.3, -0.25) is 0 Å². The fourth-order valence-corrected chi connectivity index (χ4v) is 1.97. The van der Waals surface area contributed by atoms with E-state index in [1.807, 2.05) is 36.4 Å². The highest BCUT2D eigenvalue weighted by atomic mass is 16.6. The standard InChI is InChI=1S/C12H8N4O2/c17-16(18)12-11(13-15-14-12)10-7-3-5-8-4-1-2-6-9(8)10/h1-7H,(H,13,14,15). The Bertz CT molecular complexity index is 730. The predicted octanol–water partition coefficient (Wildman–Crippen LogP) is 2.53. The van der Waals surface area contributed by atoms with Gasteiger partial charge >= 0.3 is 5.82 Å². The Morgan fingerprint density at radius 3 is 2.67 bits per heavy atom. The van der Waals surface area contributed by atoms with Gasteiger partial charge in [0.25, 0.3) is 0 Å². The summed E-state index contributed by atoms with van der Waals surface area (Å²) in [6.45, 7) is 0. The van der Waals surface area contributed by atoms with E-state index in [1.54, 1.807) is 6.07 Å². The van der Waals surface area contributed by atoms with Gasteiger partial charge in [0.15, 0.2) is 5.69 Å². The van der Waals surface area contributed by atoms with Crippen LogP contribution in [0.15, 0.2) is 42.5 Å². The average Bonchev–Trinajstić information content (AvgIpc) is 2.87. The molecule has 0 aliphatic heterocycles. The van der Waals surface area contributed by atoms with E-state index >= 15 is 0 Å². The van der Waals surface area contributed by atoms with Crippen LogP contribution in [-0.2, 0) is 0 Å². The molecule has 1 aromatic heterocycles. The third-order valence-corrected chi connectivity index (χ3v) is 2.75. The third kappa shape index (κ3) is 1.51. The average molecular weight is 240 g/mol. The lowest BCUT2D eigenvalue weighted by atomic mass is 10.0. The minimum Gasteiger partial charge on any atom is -0.358 e. The molecule has 0 saturated heterocycles. The number of nitrogens with zero attached hydrogens (tertiary/aromatic N) is 3. The van der Waals surface area contributed by atoms with Crippen molar-refractivity contribution in [2.75, 3.05) is 0 Å². The fourth-order valence-electron chi connectivity index (χ4n) is 1.97. The molecule has 0 unspecified atom stereocenters. The number of nitro groups is 1. The van der Waals surface area contributed by atoms with Crippen LogP contribution < -0.4 is 0 Å². The molecule has 0 atom stereocenters. The summed E-state index contributed by atoms with van der Waals surface area (Å²) in [5, 5.41) is 22.5. The fraction of sp³-hybridized carbons (Fsp3) is 0. The molecule has 0 saturated carbocycles. The molecule has 6 nitrogen and oxygen atoms in total. The molecule has 2 aromatic carbocycles. The van der Waals surface area contributed by atoms with E-state index in [2.05, 4.69) is 15.4 Å². The van der Waals surface area contributed by atoms with E-state index in [4.69, 9.17) is 0 Å². The number of aromatic nitrogens is 3. The molecular weight excluding hydrogens is 232 g/mol. The maximum Gasteiger partial charge on any atom is 0.418 e. The first kappa shape index (κ1) is 10.4. The van der Waals surface area contributed by atoms with Crippen LogP contribution in [0.25, 0.3) is 22.0 Å². The second-order valence-corrected chi connectivity index (χ2v) is 3.78. The van der Waals surface area contributed by atoms with Crippen LogP contribution in [0.3, 0.4) is 0 Å².